The van der Waals surface area contributed by atoms with Gasteiger partial charge in [0.05, 0.1) is 23.4 Å². The van der Waals surface area contributed by atoms with Crippen LogP contribution in [0, 0.1) is 12.8 Å². The van der Waals surface area contributed by atoms with Gasteiger partial charge in [-0.05, 0) is 49.1 Å². The van der Waals surface area contributed by atoms with Crippen LogP contribution in [-0.2, 0) is 23.2 Å². The number of imidazole rings is 1. The highest BCUT2D eigenvalue weighted by Crippen LogP contribution is 2.37. The third-order valence-corrected chi connectivity index (χ3v) is 6.48. The molecule has 2 aromatic carbocycles. The summed E-state index contributed by atoms with van der Waals surface area (Å²) in [5.74, 6) is 1.08. The van der Waals surface area contributed by atoms with Crippen molar-refractivity contribution in [3.8, 4) is 28.3 Å². The summed E-state index contributed by atoms with van der Waals surface area (Å²) in [4.78, 5) is 27.9. The molecular formula is C26H29N5O3. The van der Waals surface area contributed by atoms with E-state index in [2.05, 4.69) is 41.1 Å². The number of nitrogens with zero attached hydrogens (tertiary/aromatic N) is 2. The molecule has 1 aromatic heterocycles. The average Bonchev–Trinajstić information content (AvgIpc) is 3.20. The van der Waals surface area contributed by atoms with Crippen molar-refractivity contribution >= 4 is 17.5 Å². The van der Waals surface area contributed by atoms with Crippen molar-refractivity contribution < 1.29 is 14.3 Å². The fraction of sp³-hybridized carbons (Fsp3) is 0.346. The zero-order valence-corrected chi connectivity index (χ0v) is 19.5. The quantitative estimate of drug-likeness (QED) is 0.527. The van der Waals surface area contributed by atoms with Gasteiger partial charge in [-0.1, -0.05) is 24.3 Å². The molecule has 0 aliphatic carbocycles. The number of carbonyl (C=O) groups is 2. The van der Waals surface area contributed by atoms with E-state index in [4.69, 9.17) is 9.72 Å². The summed E-state index contributed by atoms with van der Waals surface area (Å²) in [5, 5.41) is 9.23. The molecular weight excluding hydrogens is 430 g/mol. The number of rotatable bonds is 6. The van der Waals surface area contributed by atoms with Crippen molar-refractivity contribution in [1.29, 1.82) is 0 Å². The van der Waals surface area contributed by atoms with Crippen molar-refractivity contribution in [3.63, 3.8) is 0 Å². The van der Waals surface area contributed by atoms with Crippen molar-refractivity contribution in [2.45, 2.75) is 26.3 Å². The first-order valence-electron chi connectivity index (χ1n) is 11.6. The monoisotopic (exact) mass is 459 g/mol. The van der Waals surface area contributed by atoms with Crippen LogP contribution in [0.3, 0.4) is 0 Å². The second-order valence-electron chi connectivity index (χ2n) is 9.09. The number of aromatic nitrogens is 2. The molecule has 1 atom stereocenters. The van der Waals surface area contributed by atoms with Gasteiger partial charge in [0.2, 0.25) is 5.91 Å². The van der Waals surface area contributed by atoms with Crippen LogP contribution in [0.5, 0.6) is 5.75 Å². The lowest BCUT2D eigenvalue weighted by Gasteiger charge is -2.22. The molecule has 3 N–H and O–H groups in total. The standard InChI is InChI=1S/C26H29N5O3/c1-16-9-17(12-27-13-18-7-8-28-23(32)10-18)3-5-20(16)25-26(31(2)15-29-25)19-4-6-21-22(11-19)34-14-24(33)30-21/h3-6,9,11,15,18,27H,7-8,10,12-14H2,1-2H3,(H,28,32)(H,30,33)/t18-/m1/s1. The fourth-order valence-corrected chi connectivity index (χ4v) is 4.74. The molecule has 0 unspecified atom stereocenters. The molecule has 34 heavy (non-hydrogen) atoms. The van der Waals surface area contributed by atoms with E-state index in [-0.39, 0.29) is 18.4 Å². The highest BCUT2D eigenvalue weighted by molar-refractivity contribution is 5.96. The minimum absolute atomic E-state index is 0.0250. The Hall–Kier alpha value is -3.65. The molecule has 1 fully saturated rings. The number of fused-ring (bicyclic) bond motifs is 1. The van der Waals surface area contributed by atoms with Gasteiger partial charge < -0.3 is 25.3 Å². The maximum atomic E-state index is 11.6. The Morgan fingerprint density at radius 1 is 1.18 bits per heavy atom. The van der Waals surface area contributed by atoms with E-state index in [9.17, 15) is 9.59 Å². The Labute approximate surface area is 198 Å². The van der Waals surface area contributed by atoms with Crippen LogP contribution in [0.2, 0.25) is 0 Å². The average molecular weight is 460 g/mol. The number of carbonyl (C=O) groups excluding carboxylic acids is 2. The lowest BCUT2D eigenvalue weighted by atomic mass is 9.97. The number of benzene rings is 2. The van der Waals surface area contributed by atoms with E-state index < -0.39 is 0 Å². The SMILES string of the molecule is Cc1cc(CNC[C@@H]2CCNC(=O)C2)ccc1-c1ncn(C)c1-c1ccc2c(c1)OCC(=O)N2. The molecule has 3 aromatic rings. The number of amides is 2. The highest BCUT2D eigenvalue weighted by atomic mass is 16.5. The summed E-state index contributed by atoms with van der Waals surface area (Å²) >= 11 is 0. The molecule has 2 aliphatic rings. The maximum absolute atomic E-state index is 11.6. The Balaban J connectivity index is 1.34. The summed E-state index contributed by atoms with van der Waals surface area (Å²) in [5.41, 5.74) is 7.00. The van der Waals surface area contributed by atoms with E-state index in [0.29, 0.717) is 23.8 Å². The van der Waals surface area contributed by atoms with Crippen molar-refractivity contribution in [2.24, 2.45) is 13.0 Å². The first-order valence-corrected chi connectivity index (χ1v) is 11.6. The lowest BCUT2D eigenvalue weighted by Crippen LogP contribution is -2.37. The topological polar surface area (TPSA) is 97.3 Å². The number of hydrogen-bond donors (Lipinski definition) is 3. The Kier molecular flexibility index (Phi) is 6.06. The molecule has 176 valence electrons. The number of aryl methyl sites for hydroxylation is 2. The number of anilines is 1. The second kappa shape index (κ2) is 9.30. The molecule has 0 saturated carbocycles. The van der Waals surface area contributed by atoms with Gasteiger partial charge in [0, 0.05) is 37.7 Å². The maximum Gasteiger partial charge on any atom is 0.262 e. The molecule has 0 radical (unpaired) electrons. The summed E-state index contributed by atoms with van der Waals surface area (Å²) in [6.45, 7) is 4.52. The number of hydrogen-bond acceptors (Lipinski definition) is 5. The lowest BCUT2D eigenvalue weighted by molar-refractivity contribution is -0.123. The summed E-state index contributed by atoms with van der Waals surface area (Å²) < 4.78 is 7.62. The molecule has 2 aliphatic heterocycles. The first-order chi connectivity index (χ1) is 16.5. The van der Waals surface area contributed by atoms with Crippen molar-refractivity contribution in [2.75, 3.05) is 25.0 Å². The van der Waals surface area contributed by atoms with Crippen LogP contribution >= 0.6 is 0 Å². The minimum Gasteiger partial charge on any atom is -0.482 e. The third kappa shape index (κ3) is 4.54. The molecule has 0 spiro atoms. The third-order valence-electron chi connectivity index (χ3n) is 6.48. The van der Waals surface area contributed by atoms with Gasteiger partial charge in [0.1, 0.15) is 5.75 Å². The molecule has 5 rings (SSSR count). The first kappa shape index (κ1) is 22.2. The largest absolute Gasteiger partial charge is 0.482 e. The Morgan fingerprint density at radius 2 is 2.06 bits per heavy atom. The van der Waals surface area contributed by atoms with E-state index in [1.165, 1.54) is 5.56 Å². The predicted octanol–water partition coefficient (Wildman–Crippen LogP) is 3.01. The zero-order valence-electron chi connectivity index (χ0n) is 19.5. The number of ether oxygens (including phenoxy) is 1. The van der Waals surface area contributed by atoms with Crippen LogP contribution in [0.15, 0.2) is 42.7 Å². The minimum atomic E-state index is -0.143. The Morgan fingerprint density at radius 3 is 2.88 bits per heavy atom. The van der Waals surface area contributed by atoms with Gasteiger partial charge >= 0.3 is 0 Å². The van der Waals surface area contributed by atoms with Gasteiger partial charge in [-0.25, -0.2) is 4.98 Å². The van der Waals surface area contributed by atoms with Gasteiger partial charge in [-0.2, -0.15) is 0 Å². The number of nitrogens with one attached hydrogen (secondary N) is 3. The fourth-order valence-electron chi connectivity index (χ4n) is 4.74. The van der Waals surface area contributed by atoms with Crippen LogP contribution in [0.4, 0.5) is 5.69 Å². The van der Waals surface area contributed by atoms with Crippen LogP contribution in [0.25, 0.3) is 22.5 Å². The van der Waals surface area contributed by atoms with Gasteiger partial charge in [-0.15, -0.1) is 0 Å². The zero-order chi connectivity index (χ0) is 23.7. The van der Waals surface area contributed by atoms with Crippen LogP contribution < -0.4 is 20.7 Å². The second-order valence-corrected chi connectivity index (χ2v) is 9.09. The van der Waals surface area contributed by atoms with Gasteiger partial charge in [-0.3, -0.25) is 9.59 Å². The number of piperidine rings is 1. The molecule has 2 amide bonds. The van der Waals surface area contributed by atoms with Crippen molar-refractivity contribution in [3.05, 3.63) is 53.9 Å². The predicted molar refractivity (Wildman–Crippen MR) is 130 cm³/mol. The van der Waals surface area contributed by atoms with E-state index in [1.54, 1.807) is 0 Å². The highest BCUT2D eigenvalue weighted by Gasteiger charge is 2.21. The smallest absolute Gasteiger partial charge is 0.262 e. The molecule has 8 heteroatoms. The van der Waals surface area contributed by atoms with E-state index in [0.717, 1.165) is 54.1 Å². The Bertz CT molecular complexity index is 1250. The molecule has 1 saturated heterocycles. The van der Waals surface area contributed by atoms with Crippen LogP contribution in [-0.4, -0.2) is 41.1 Å². The van der Waals surface area contributed by atoms with Crippen LogP contribution in [0.1, 0.15) is 24.0 Å². The normalized spacial score (nSPS) is 17.5. The molecule has 8 nitrogen and oxygen atoms in total. The van der Waals surface area contributed by atoms with Crippen molar-refractivity contribution in [1.82, 2.24) is 20.2 Å². The summed E-state index contributed by atoms with van der Waals surface area (Å²) in [6, 6.07) is 12.3. The summed E-state index contributed by atoms with van der Waals surface area (Å²) in [7, 11) is 1.98. The van der Waals surface area contributed by atoms with Gasteiger partial charge in [0.15, 0.2) is 6.61 Å². The van der Waals surface area contributed by atoms with Gasteiger partial charge in [0.25, 0.3) is 5.91 Å². The summed E-state index contributed by atoms with van der Waals surface area (Å²) in [6.07, 6.45) is 3.45. The van der Waals surface area contributed by atoms with E-state index >= 15 is 0 Å². The van der Waals surface area contributed by atoms with E-state index in [1.807, 2.05) is 36.1 Å². The molecule has 0 bridgehead atoms. The molecule has 3 heterocycles.